The molecule has 2 rings (SSSR count). The van der Waals surface area contributed by atoms with E-state index in [-0.39, 0.29) is 6.61 Å². The fourth-order valence-corrected chi connectivity index (χ4v) is 1.47. The van der Waals surface area contributed by atoms with Gasteiger partial charge in [0, 0.05) is 0 Å². The van der Waals surface area contributed by atoms with Crippen LogP contribution in [0.1, 0.15) is 5.56 Å². The van der Waals surface area contributed by atoms with E-state index in [2.05, 4.69) is 20.0 Å². The summed E-state index contributed by atoms with van der Waals surface area (Å²) in [7, 11) is 2.81. The first-order chi connectivity index (χ1) is 10.2. The first-order valence-corrected chi connectivity index (χ1v) is 5.99. The summed E-state index contributed by atoms with van der Waals surface area (Å²) in [6, 6.07) is 5.21. The summed E-state index contributed by atoms with van der Waals surface area (Å²) in [5.74, 6) is 0.478. The maximum atomic E-state index is 11.1. The SMILES string of the molecule is COC(=O)COc1ccc(C=Nn2cnnc2)cc1OC. The average molecular weight is 290 g/mol. The molecule has 0 spiro atoms. The molecule has 8 nitrogen and oxygen atoms in total. The van der Waals surface area contributed by atoms with Crippen molar-refractivity contribution in [2.45, 2.75) is 0 Å². The van der Waals surface area contributed by atoms with Crippen LogP contribution >= 0.6 is 0 Å². The smallest absolute Gasteiger partial charge is 0.343 e. The van der Waals surface area contributed by atoms with Crippen LogP contribution in [0.3, 0.4) is 0 Å². The molecule has 0 saturated carbocycles. The number of benzene rings is 1. The molecule has 2 aromatic rings. The van der Waals surface area contributed by atoms with E-state index in [1.807, 2.05) is 0 Å². The molecule has 1 heterocycles. The summed E-state index contributed by atoms with van der Waals surface area (Å²) in [6.07, 6.45) is 4.57. The minimum atomic E-state index is -0.463. The van der Waals surface area contributed by atoms with Crippen molar-refractivity contribution in [2.75, 3.05) is 20.8 Å². The van der Waals surface area contributed by atoms with Crippen molar-refractivity contribution in [2.24, 2.45) is 5.10 Å². The van der Waals surface area contributed by atoms with Crippen LogP contribution in [0.2, 0.25) is 0 Å². The van der Waals surface area contributed by atoms with Crippen molar-refractivity contribution in [3.63, 3.8) is 0 Å². The van der Waals surface area contributed by atoms with Crippen molar-refractivity contribution in [1.82, 2.24) is 14.9 Å². The van der Waals surface area contributed by atoms with Gasteiger partial charge in [-0.2, -0.15) is 5.10 Å². The van der Waals surface area contributed by atoms with Gasteiger partial charge in [0.05, 0.1) is 20.4 Å². The molecule has 0 amide bonds. The van der Waals surface area contributed by atoms with Crippen LogP contribution in [0.15, 0.2) is 36.0 Å². The molecule has 0 aliphatic heterocycles. The van der Waals surface area contributed by atoms with E-state index < -0.39 is 5.97 Å². The van der Waals surface area contributed by atoms with E-state index in [1.54, 1.807) is 24.4 Å². The van der Waals surface area contributed by atoms with E-state index in [1.165, 1.54) is 31.6 Å². The first kappa shape index (κ1) is 14.5. The third-order valence-corrected chi connectivity index (χ3v) is 2.51. The highest BCUT2D eigenvalue weighted by Gasteiger charge is 2.08. The van der Waals surface area contributed by atoms with Gasteiger partial charge in [0.1, 0.15) is 12.7 Å². The quantitative estimate of drug-likeness (QED) is 0.575. The normalized spacial score (nSPS) is 10.6. The number of hydrogen-bond acceptors (Lipinski definition) is 7. The molecule has 0 bridgehead atoms. The molecule has 0 aliphatic rings. The molecule has 1 aromatic heterocycles. The molecule has 0 saturated heterocycles. The zero-order valence-electron chi connectivity index (χ0n) is 11.6. The topological polar surface area (TPSA) is 87.8 Å². The molecule has 0 radical (unpaired) electrons. The Morgan fingerprint density at radius 2 is 2.05 bits per heavy atom. The van der Waals surface area contributed by atoms with Crippen molar-refractivity contribution >= 4 is 12.2 Å². The highest BCUT2D eigenvalue weighted by atomic mass is 16.6. The van der Waals surface area contributed by atoms with Gasteiger partial charge in [0.25, 0.3) is 0 Å². The van der Waals surface area contributed by atoms with Gasteiger partial charge in [0.15, 0.2) is 18.1 Å². The van der Waals surface area contributed by atoms with Gasteiger partial charge in [-0.15, -0.1) is 10.2 Å². The molecule has 0 unspecified atom stereocenters. The molecule has 110 valence electrons. The largest absolute Gasteiger partial charge is 0.493 e. The monoisotopic (exact) mass is 290 g/mol. The lowest BCUT2D eigenvalue weighted by Gasteiger charge is -2.10. The van der Waals surface area contributed by atoms with E-state index in [4.69, 9.17) is 9.47 Å². The summed E-state index contributed by atoms with van der Waals surface area (Å²) >= 11 is 0. The summed E-state index contributed by atoms with van der Waals surface area (Å²) in [5, 5.41) is 11.4. The molecule has 21 heavy (non-hydrogen) atoms. The molecule has 0 atom stereocenters. The van der Waals surface area contributed by atoms with Gasteiger partial charge in [0.2, 0.25) is 0 Å². The molecule has 1 aromatic carbocycles. The maximum Gasteiger partial charge on any atom is 0.343 e. The fraction of sp³-hybridized carbons (Fsp3) is 0.231. The van der Waals surface area contributed by atoms with Crippen molar-refractivity contribution in [3.05, 3.63) is 36.4 Å². The second kappa shape index (κ2) is 7.04. The van der Waals surface area contributed by atoms with Gasteiger partial charge in [-0.1, -0.05) is 0 Å². The van der Waals surface area contributed by atoms with Gasteiger partial charge in [-0.25, -0.2) is 9.47 Å². The summed E-state index contributed by atoms with van der Waals surface area (Å²) in [6.45, 7) is -0.180. The minimum Gasteiger partial charge on any atom is -0.493 e. The van der Waals surface area contributed by atoms with E-state index in [9.17, 15) is 4.79 Å². The number of esters is 1. The lowest BCUT2D eigenvalue weighted by molar-refractivity contribution is -0.142. The second-order valence-electron chi connectivity index (χ2n) is 3.86. The summed E-state index contributed by atoms with van der Waals surface area (Å²) in [5.41, 5.74) is 0.797. The third kappa shape index (κ3) is 4.03. The lowest BCUT2D eigenvalue weighted by Crippen LogP contribution is -2.13. The number of carbonyl (C=O) groups is 1. The Bertz CT molecular complexity index is 625. The summed E-state index contributed by atoms with van der Waals surface area (Å²) in [4.78, 5) is 11.1. The van der Waals surface area contributed by atoms with Gasteiger partial charge >= 0.3 is 5.97 Å². The van der Waals surface area contributed by atoms with Crippen LogP contribution in [0.4, 0.5) is 0 Å². The molecular formula is C13H14N4O4. The number of rotatable bonds is 6. The molecular weight excluding hydrogens is 276 g/mol. The predicted molar refractivity (Wildman–Crippen MR) is 73.5 cm³/mol. The molecule has 0 N–H and O–H groups in total. The second-order valence-corrected chi connectivity index (χ2v) is 3.86. The number of ether oxygens (including phenoxy) is 3. The van der Waals surface area contributed by atoms with E-state index >= 15 is 0 Å². The Balaban J connectivity index is 2.10. The predicted octanol–water partition coefficient (Wildman–Crippen LogP) is 0.721. The Labute approximate surface area is 121 Å². The standard InChI is InChI=1S/C13H14N4O4/c1-19-12-5-10(6-16-17-8-14-15-9-17)3-4-11(12)21-7-13(18)20-2/h3-6,8-9H,7H2,1-2H3. The average Bonchev–Trinajstić information content (AvgIpc) is 3.04. The van der Waals surface area contributed by atoms with Crippen molar-refractivity contribution < 1.29 is 19.0 Å². The fourth-order valence-electron chi connectivity index (χ4n) is 1.47. The lowest BCUT2D eigenvalue weighted by atomic mass is 10.2. The number of carbonyl (C=O) groups excluding carboxylic acids is 1. The Hall–Kier alpha value is -2.90. The number of nitrogens with zero attached hydrogens (tertiary/aromatic N) is 4. The van der Waals surface area contributed by atoms with E-state index in [0.717, 1.165) is 5.56 Å². The highest BCUT2D eigenvalue weighted by molar-refractivity contribution is 5.81. The molecule has 8 heteroatoms. The Kier molecular flexibility index (Phi) is 4.86. The van der Waals surface area contributed by atoms with Crippen LogP contribution < -0.4 is 9.47 Å². The zero-order chi connectivity index (χ0) is 15.1. The maximum absolute atomic E-state index is 11.1. The van der Waals surface area contributed by atoms with E-state index in [0.29, 0.717) is 11.5 Å². The van der Waals surface area contributed by atoms with Crippen molar-refractivity contribution in [3.8, 4) is 11.5 Å². The van der Waals surface area contributed by atoms with Crippen LogP contribution in [-0.2, 0) is 9.53 Å². The van der Waals surface area contributed by atoms with Gasteiger partial charge in [-0.05, 0) is 23.8 Å². The Morgan fingerprint density at radius 1 is 1.29 bits per heavy atom. The van der Waals surface area contributed by atoms with Crippen LogP contribution in [0.5, 0.6) is 11.5 Å². The number of hydrogen-bond donors (Lipinski definition) is 0. The molecule has 0 aliphatic carbocycles. The van der Waals surface area contributed by atoms with Gasteiger partial charge < -0.3 is 14.2 Å². The van der Waals surface area contributed by atoms with Crippen LogP contribution in [0, 0.1) is 0 Å². The third-order valence-electron chi connectivity index (χ3n) is 2.51. The number of methoxy groups -OCH3 is 2. The van der Waals surface area contributed by atoms with Crippen LogP contribution in [-0.4, -0.2) is 47.9 Å². The first-order valence-electron chi connectivity index (χ1n) is 5.99. The zero-order valence-corrected chi connectivity index (χ0v) is 11.6. The number of aromatic nitrogens is 3. The molecule has 0 fully saturated rings. The van der Waals surface area contributed by atoms with Crippen molar-refractivity contribution in [1.29, 1.82) is 0 Å². The van der Waals surface area contributed by atoms with Gasteiger partial charge in [-0.3, -0.25) is 0 Å². The summed E-state index contributed by atoms with van der Waals surface area (Å²) < 4.78 is 16.5. The highest BCUT2D eigenvalue weighted by Crippen LogP contribution is 2.27. The Morgan fingerprint density at radius 3 is 2.71 bits per heavy atom. The van der Waals surface area contributed by atoms with Crippen LogP contribution in [0.25, 0.3) is 0 Å². The minimum absolute atomic E-state index is 0.180.